The molecule has 0 saturated carbocycles. The first-order valence-electron chi connectivity index (χ1n) is 5.92. The van der Waals surface area contributed by atoms with Crippen molar-refractivity contribution in [2.45, 2.75) is 6.54 Å². The highest BCUT2D eigenvalue weighted by Gasteiger charge is 2.10. The van der Waals surface area contributed by atoms with Gasteiger partial charge in [0.25, 0.3) is 5.69 Å². The monoisotopic (exact) mass is 257 g/mol. The number of nitrogens with one attached hydrogen (secondary N) is 1. The Morgan fingerprint density at radius 3 is 2.74 bits per heavy atom. The molecule has 96 valence electrons. The van der Waals surface area contributed by atoms with Crippen molar-refractivity contribution >= 4 is 16.6 Å². The van der Waals surface area contributed by atoms with Gasteiger partial charge in [0.2, 0.25) is 0 Å². The maximum Gasteiger partial charge on any atom is 0.270 e. The summed E-state index contributed by atoms with van der Waals surface area (Å²) in [6.45, 7) is 0.712. The average molecular weight is 257 g/mol. The van der Waals surface area contributed by atoms with Crippen molar-refractivity contribution in [2.24, 2.45) is 0 Å². The number of hydrogen-bond acceptors (Lipinski definition) is 2. The number of nitro benzene ring substituents is 1. The molecular weight excluding hydrogens is 242 g/mol. The molecule has 1 N–H and O–H groups in total. The van der Waals surface area contributed by atoms with Crippen LogP contribution in [0.25, 0.3) is 10.9 Å². The number of fused-ring (bicyclic) bond motifs is 1. The van der Waals surface area contributed by atoms with Gasteiger partial charge in [-0.3, -0.25) is 10.1 Å². The molecule has 3 rings (SSSR count). The van der Waals surface area contributed by atoms with Crippen LogP contribution in [0.2, 0.25) is 0 Å². The lowest BCUT2D eigenvalue weighted by molar-refractivity contribution is -0.688. The summed E-state index contributed by atoms with van der Waals surface area (Å²) in [5.41, 5.74) is 2.05. The summed E-state index contributed by atoms with van der Waals surface area (Å²) >= 11 is 0. The van der Waals surface area contributed by atoms with Crippen LogP contribution in [0.1, 0.15) is 7.12 Å². The molecule has 0 aliphatic rings. The molecule has 0 unspecified atom stereocenters. The highest BCUT2D eigenvalue weighted by atomic mass is 16.6. The number of non-ortho nitro benzene ring substituents is 1. The molecule has 3 aromatic rings. The molecule has 0 amide bonds. The molecule has 0 radical (unpaired) electrons. The van der Waals surface area contributed by atoms with E-state index in [-0.39, 0.29) is 12.0 Å². The fourth-order valence-electron chi connectivity index (χ4n) is 2.12. The average Bonchev–Trinajstić information content (AvgIpc) is 2.80. The molecule has 0 aliphatic heterocycles. The molecule has 2 heterocycles. The Hall–Kier alpha value is -2.69. The van der Waals surface area contributed by atoms with E-state index in [4.69, 9.17) is 0 Å². The Morgan fingerprint density at radius 2 is 2.00 bits per heavy atom. The Kier molecular flexibility index (Phi) is 2.72. The number of aromatic nitrogens is 2. The largest absolute Gasteiger partial charge is 1.00 e. The molecular formula is C14H13N3O2. The van der Waals surface area contributed by atoms with Gasteiger partial charge in [-0.05, 0) is 12.1 Å². The second-order valence-corrected chi connectivity index (χ2v) is 4.37. The number of nitro groups is 1. The van der Waals surface area contributed by atoms with Gasteiger partial charge in [-0.1, -0.05) is 6.07 Å². The van der Waals surface area contributed by atoms with Crippen LogP contribution >= 0.6 is 0 Å². The number of benzene rings is 1. The lowest BCUT2D eigenvalue weighted by atomic mass is 10.2. The predicted molar refractivity (Wildman–Crippen MR) is 71.8 cm³/mol. The van der Waals surface area contributed by atoms with E-state index in [0.29, 0.717) is 6.54 Å². The van der Waals surface area contributed by atoms with Gasteiger partial charge in [-0.2, -0.15) is 4.57 Å². The van der Waals surface area contributed by atoms with E-state index in [2.05, 4.69) is 4.98 Å². The van der Waals surface area contributed by atoms with Crippen LogP contribution in [0, 0.1) is 10.1 Å². The molecule has 1 aromatic carbocycles. The summed E-state index contributed by atoms with van der Waals surface area (Å²) in [4.78, 5) is 13.6. The van der Waals surface area contributed by atoms with E-state index in [1.54, 1.807) is 12.1 Å². The van der Waals surface area contributed by atoms with Gasteiger partial charge in [-0.15, -0.1) is 0 Å². The smallest absolute Gasteiger partial charge is 0.270 e. The van der Waals surface area contributed by atoms with Crippen LogP contribution in [0.5, 0.6) is 0 Å². The fraction of sp³-hybridized carbons (Fsp3) is 0.0714. The first kappa shape index (κ1) is 11.4. The molecule has 0 spiro atoms. The predicted octanol–water partition coefficient (Wildman–Crippen LogP) is 2.52. The summed E-state index contributed by atoms with van der Waals surface area (Å²) in [6, 6.07) is 12.7. The van der Waals surface area contributed by atoms with Crippen LogP contribution in [-0.4, -0.2) is 9.91 Å². The standard InChI is InChI=1S/C14H12N3O2.H/c18-17(19)13-4-5-14-11(9-13)8-12(15-14)10-16-6-2-1-3-7-16;/h1-9,15H,10H2;/q+1;-1/i;1+2. The molecule has 19 heavy (non-hydrogen) atoms. The van der Waals surface area contributed by atoms with Crippen molar-refractivity contribution < 1.29 is 10.9 Å². The molecule has 0 fully saturated rings. The van der Waals surface area contributed by atoms with Gasteiger partial charge in [0.15, 0.2) is 18.9 Å². The number of nitrogens with zero attached hydrogens (tertiary/aromatic N) is 2. The minimum Gasteiger partial charge on any atom is -1.00 e. The lowest BCUT2D eigenvalue weighted by Gasteiger charge is -1.92. The SMILES string of the molecule is O=[N+]([O-])c1ccc2[nH]c(C[n+]3ccccc3)cc2c1.[3H-]. The van der Waals surface area contributed by atoms with Crippen LogP contribution in [0.4, 0.5) is 5.69 Å². The molecule has 2 aromatic heterocycles. The maximum atomic E-state index is 10.7. The van der Waals surface area contributed by atoms with Gasteiger partial charge < -0.3 is 6.41 Å². The summed E-state index contributed by atoms with van der Waals surface area (Å²) in [6.07, 6.45) is 3.96. The van der Waals surface area contributed by atoms with Gasteiger partial charge in [0.05, 0.1) is 10.6 Å². The second-order valence-electron chi connectivity index (χ2n) is 4.37. The first-order chi connectivity index (χ1) is 9.22. The highest BCUT2D eigenvalue weighted by molar-refractivity contribution is 5.82. The molecule has 0 saturated heterocycles. The van der Waals surface area contributed by atoms with Crippen molar-refractivity contribution in [3.63, 3.8) is 0 Å². The van der Waals surface area contributed by atoms with Gasteiger partial charge in [0, 0.05) is 35.2 Å². The van der Waals surface area contributed by atoms with Crippen molar-refractivity contribution in [1.29, 1.82) is 0 Å². The number of rotatable bonds is 3. The normalized spacial score (nSPS) is 10.7. The zero-order valence-electron chi connectivity index (χ0n) is 11.1. The van der Waals surface area contributed by atoms with Crippen LogP contribution in [0.15, 0.2) is 54.9 Å². The topological polar surface area (TPSA) is 62.8 Å². The van der Waals surface area contributed by atoms with E-state index < -0.39 is 0 Å². The van der Waals surface area contributed by atoms with Crippen LogP contribution in [0.3, 0.4) is 0 Å². The third-order valence-corrected chi connectivity index (χ3v) is 3.00. The molecule has 0 atom stereocenters. The van der Waals surface area contributed by atoms with Gasteiger partial charge in [-0.25, -0.2) is 0 Å². The Bertz CT molecular complexity index is 741. The van der Waals surface area contributed by atoms with E-state index in [9.17, 15) is 10.1 Å². The summed E-state index contributed by atoms with van der Waals surface area (Å²) in [5, 5.41) is 11.6. The Morgan fingerprint density at radius 1 is 1.21 bits per heavy atom. The summed E-state index contributed by atoms with van der Waals surface area (Å²) in [7, 11) is 0. The quantitative estimate of drug-likeness (QED) is 0.445. The minimum absolute atomic E-state index is 0. The van der Waals surface area contributed by atoms with Crippen LogP contribution < -0.4 is 4.57 Å². The lowest BCUT2D eigenvalue weighted by Crippen LogP contribution is -2.32. The number of aromatic amines is 1. The number of hydrogen-bond donors (Lipinski definition) is 1. The number of H-pyrrole nitrogens is 1. The second kappa shape index (κ2) is 4.53. The van der Waals surface area contributed by atoms with E-state index in [1.807, 2.05) is 41.2 Å². The molecule has 0 aliphatic carbocycles. The molecule has 5 heteroatoms. The van der Waals surface area contributed by atoms with Crippen molar-refractivity contribution in [2.75, 3.05) is 0 Å². The zero-order chi connectivity index (χ0) is 13.2. The van der Waals surface area contributed by atoms with E-state index in [1.165, 1.54) is 6.07 Å². The van der Waals surface area contributed by atoms with Gasteiger partial charge >= 0.3 is 0 Å². The summed E-state index contributed by atoms with van der Waals surface area (Å²) < 4.78 is 2.04. The van der Waals surface area contributed by atoms with Crippen molar-refractivity contribution in [3.05, 3.63) is 70.7 Å². The Labute approximate surface area is 110 Å². The maximum absolute atomic E-state index is 10.7. The highest BCUT2D eigenvalue weighted by Crippen LogP contribution is 2.21. The molecule has 0 bridgehead atoms. The van der Waals surface area contributed by atoms with E-state index in [0.717, 1.165) is 16.6 Å². The number of pyridine rings is 1. The van der Waals surface area contributed by atoms with E-state index >= 15 is 0 Å². The van der Waals surface area contributed by atoms with Crippen LogP contribution in [-0.2, 0) is 6.54 Å². The van der Waals surface area contributed by atoms with Crippen molar-refractivity contribution in [1.82, 2.24) is 4.98 Å². The summed E-state index contributed by atoms with van der Waals surface area (Å²) in [5.74, 6) is 0. The zero-order valence-corrected chi connectivity index (χ0v) is 10.1. The van der Waals surface area contributed by atoms with Gasteiger partial charge in [0.1, 0.15) is 0 Å². The Balaban J connectivity index is 0.00000147. The third kappa shape index (κ3) is 2.30. The minimum atomic E-state index is -0.377. The first-order valence-corrected chi connectivity index (χ1v) is 5.92. The fourth-order valence-corrected chi connectivity index (χ4v) is 2.12. The molecule has 5 nitrogen and oxygen atoms in total. The van der Waals surface area contributed by atoms with Crippen molar-refractivity contribution in [3.8, 4) is 0 Å². The third-order valence-electron chi connectivity index (χ3n) is 3.00.